The van der Waals surface area contributed by atoms with E-state index in [1.165, 1.54) is 14.2 Å². The van der Waals surface area contributed by atoms with E-state index < -0.39 is 17.7 Å². The molecule has 1 unspecified atom stereocenters. The Morgan fingerprint density at radius 1 is 1.25 bits per heavy atom. The molecule has 0 saturated heterocycles. The van der Waals surface area contributed by atoms with Crippen LogP contribution in [-0.2, 0) is 14.3 Å². The van der Waals surface area contributed by atoms with E-state index in [1.807, 2.05) is 12.1 Å². The van der Waals surface area contributed by atoms with Crippen LogP contribution in [0.4, 0.5) is 5.69 Å². The summed E-state index contributed by atoms with van der Waals surface area (Å²) in [6.07, 6.45) is -0.222. The number of ether oxygens (including phenoxy) is 3. The van der Waals surface area contributed by atoms with E-state index >= 15 is 0 Å². The number of anilines is 1. The molecule has 0 fully saturated rings. The Bertz CT molecular complexity index is 431. The van der Waals surface area contributed by atoms with Crippen molar-refractivity contribution >= 4 is 11.6 Å². The van der Waals surface area contributed by atoms with Crippen molar-refractivity contribution in [2.75, 3.05) is 26.6 Å². The molecule has 0 bridgehead atoms. The fourth-order valence-electron chi connectivity index (χ4n) is 1.80. The van der Waals surface area contributed by atoms with Crippen molar-refractivity contribution in [1.29, 1.82) is 0 Å². The highest BCUT2D eigenvalue weighted by Crippen LogP contribution is 2.23. The second-order valence-electron chi connectivity index (χ2n) is 4.65. The molecule has 1 amide bonds. The van der Waals surface area contributed by atoms with Crippen LogP contribution in [0.2, 0.25) is 0 Å². The maximum absolute atomic E-state index is 11.7. The zero-order valence-corrected chi connectivity index (χ0v) is 12.3. The van der Waals surface area contributed by atoms with Crippen LogP contribution in [-0.4, -0.2) is 39.1 Å². The molecule has 0 radical (unpaired) electrons. The highest BCUT2D eigenvalue weighted by Gasteiger charge is 2.34. The third-order valence-electron chi connectivity index (χ3n) is 3.15. The van der Waals surface area contributed by atoms with E-state index in [0.29, 0.717) is 6.42 Å². The molecule has 6 heteroatoms. The number of nitrogens with one attached hydrogen (secondary N) is 1. The van der Waals surface area contributed by atoms with Crippen LogP contribution in [0.15, 0.2) is 24.3 Å². The first kappa shape index (κ1) is 16.3. The van der Waals surface area contributed by atoms with Crippen molar-refractivity contribution in [2.24, 2.45) is 5.73 Å². The normalized spacial score (nSPS) is 13.8. The maximum atomic E-state index is 11.7. The highest BCUT2D eigenvalue weighted by atomic mass is 16.7. The molecule has 20 heavy (non-hydrogen) atoms. The standard InChI is InChI=1S/C14H22N2O4/c1-14(13(15)17,9-12(19-3)20-4)16-10-5-7-11(18-2)8-6-10/h5-8,12,16H,9H2,1-4H3,(H2,15,17). The summed E-state index contributed by atoms with van der Waals surface area (Å²) < 4.78 is 15.3. The fourth-order valence-corrected chi connectivity index (χ4v) is 1.80. The van der Waals surface area contributed by atoms with Crippen molar-refractivity contribution in [3.8, 4) is 5.75 Å². The number of benzene rings is 1. The van der Waals surface area contributed by atoms with Crippen molar-refractivity contribution in [3.63, 3.8) is 0 Å². The summed E-state index contributed by atoms with van der Waals surface area (Å²) in [5, 5.41) is 3.12. The van der Waals surface area contributed by atoms with E-state index in [4.69, 9.17) is 19.9 Å². The third kappa shape index (κ3) is 4.11. The van der Waals surface area contributed by atoms with Crippen LogP contribution in [0, 0.1) is 0 Å². The largest absolute Gasteiger partial charge is 0.497 e. The smallest absolute Gasteiger partial charge is 0.243 e. The van der Waals surface area contributed by atoms with Gasteiger partial charge in [0.2, 0.25) is 5.91 Å². The summed E-state index contributed by atoms with van der Waals surface area (Å²) in [6, 6.07) is 7.23. The molecule has 0 saturated carbocycles. The van der Waals surface area contributed by atoms with Gasteiger partial charge in [0.1, 0.15) is 11.3 Å². The molecule has 3 N–H and O–H groups in total. The first-order chi connectivity index (χ1) is 9.45. The summed E-state index contributed by atoms with van der Waals surface area (Å²) in [4.78, 5) is 11.7. The van der Waals surface area contributed by atoms with Crippen molar-refractivity contribution in [3.05, 3.63) is 24.3 Å². The van der Waals surface area contributed by atoms with Gasteiger partial charge < -0.3 is 25.3 Å². The quantitative estimate of drug-likeness (QED) is 0.703. The van der Waals surface area contributed by atoms with Crippen LogP contribution >= 0.6 is 0 Å². The molecule has 0 aromatic heterocycles. The summed E-state index contributed by atoms with van der Waals surface area (Å²) in [7, 11) is 4.63. The lowest BCUT2D eigenvalue weighted by molar-refractivity contribution is -0.134. The predicted octanol–water partition coefficient (Wildman–Crippen LogP) is 1.36. The topological polar surface area (TPSA) is 82.8 Å². The van der Waals surface area contributed by atoms with Crippen molar-refractivity contribution in [1.82, 2.24) is 0 Å². The Labute approximate surface area is 119 Å². The first-order valence-corrected chi connectivity index (χ1v) is 6.23. The molecule has 1 aromatic carbocycles. The van der Waals surface area contributed by atoms with Crippen molar-refractivity contribution < 1.29 is 19.0 Å². The molecule has 0 aliphatic carbocycles. The SMILES string of the molecule is COc1ccc(NC(C)(CC(OC)OC)C(N)=O)cc1. The van der Waals surface area contributed by atoms with Crippen molar-refractivity contribution in [2.45, 2.75) is 25.2 Å². The number of hydrogen-bond acceptors (Lipinski definition) is 5. The molecule has 6 nitrogen and oxygen atoms in total. The first-order valence-electron chi connectivity index (χ1n) is 6.23. The number of nitrogens with two attached hydrogens (primary N) is 1. The number of hydrogen-bond donors (Lipinski definition) is 2. The number of carbonyl (C=O) groups is 1. The molecule has 0 spiro atoms. The molecule has 1 rings (SSSR count). The molecule has 1 aromatic rings. The van der Waals surface area contributed by atoms with Gasteiger partial charge in [0.15, 0.2) is 6.29 Å². The molecule has 0 heterocycles. The van der Waals surface area contributed by atoms with Gasteiger partial charge in [-0.3, -0.25) is 4.79 Å². The molecule has 1 atom stereocenters. The fraction of sp³-hybridized carbons (Fsp3) is 0.500. The van der Waals surface area contributed by atoms with Crippen LogP contribution < -0.4 is 15.8 Å². The zero-order valence-electron chi connectivity index (χ0n) is 12.3. The Morgan fingerprint density at radius 2 is 1.80 bits per heavy atom. The second kappa shape index (κ2) is 7.12. The highest BCUT2D eigenvalue weighted by molar-refractivity contribution is 5.87. The van der Waals surface area contributed by atoms with Gasteiger partial charge in [-0.05, 0) is 31.2 Å². The maximum Gasteiger partial charge on any atom is 0.243 e. The molecule has 112 valence electrons. The number of methoxy groups -OCH3 is 3. The van der Waals surface area contributed by atoms with E-state index in [2.05, 4.69) is 5.32 Å². The van der Waals surface area contributed by atoms with Gasteiger partial charge in [-0.1, -0.05) is 0 Å². The Morgan fingerprint density at radius 3 is 2.20 bits per heavy atom. The lowest BCUT2D eigenvalue weighted by Crippen LogP contribution is -2.50. The average molecular weight is 282 g/mol. The lowest BCUT2D eigenvalue weighted by Gasteiger charge is -2.31. The van der Waals surface area contributed by atoms with E-state index in [9.17, 15) is 4.79 Å². The molecule has 0 aliphatic rings. The van der Waals surface area contributed by atoms with Crippen LogP contribution in [0.5, 0.6) is 5.75 Å². The molecule has 0 aliphatic heterocycles. The van der Waals surface area contributed by atoms with E-state index in [1.54, 1.807) is 26.2 Å². The summed E-state index contributed by atoms with van der Waals surface area (Å²) in [6.45, 7) is 1.71. The van der Waals surface area contributed by atoms with E-state index in [-0.39, 0.29) is 0 Å². The minimum Gasteiger partial charge on any atom is -0.497 e. The predicted molar refractivity (Wildman–Crippen MR) is 76.6 cm³/mol. The minimum absolute atomic E-state index is 0.293. The summed E-state index contributed by atoms with van der Waals surface area (Å²) >= 11 is 0. The Balaban J connectivity index is 2.86. The van der Waals surface area contributed by atoms with Gasteiger partial charge in [0.25, 0.3) is 0 Å². The number of amides is 1. The monoisotopic (exact) mass is 282 g/mol. The summed E-state index contributed by atoms with van der Waals surface area (Å²) in [5.41, 5.74) is 5.28. The third-order valence-corrected chi connectivity index (χ3v) is 3.15. The minimum atomic E-state index is -0.981. The van der Waals surface area contributed by atoms with E-state index in [0.717, 1.165) is 11.4 Å². The van der Waals surface area contributed by atoms with Gasteiger partial charge in [0, 0.05) is 26.3 Å². The second-order valence-corrected chi connectivity index (χ2v) is 4.65. The summed E-state index contributed by atoms with van der Waals surface area (Å²) in [5.74, 6) is 0.260. The van der Waals surface area contributed by atoms with Crippen LogP contribution in [0.3, 0.4) is 0 Å². The van der Waals surface area contributed by atoms with Gasteiger partial charge in [-0.2, -0.15) is 0 Å². The number of primary amides is 1. The Kier molecular flexibility index (Phi) is 5.79. The number of carbonyl (C=O) groups excluding carboxylic acids is 1. The zero-order chi connectivity index (χ0) is 15.2. The molecular formula is C14H22N2O4. The number of rotatable bonds is 8. The lowest BCUT2D eigenvalue weighted by atomic mass is 9.96. The van der Waals surface area contributed by atoms with Gasteiger partial charge in [0.05, 0.1) is 7.11 Å². The van der Waals surface area contributed by atoms with Gasteiger partial charge in [-0.25, -0.2) is 0 Å². The van der Waals surface area contributed by atoms with Gasteiger partial charge >= 0.3 is 0 Å². The van der Waals surface area contributed by atoms with Gasteiger partial charge in [-0.15, -0.1) is 0 Å². The average Bonchev–Trinajstić information content (AvgIpc) is 2.45. The van der Waals surface area contributed by atoms with Crippen LogP contribution in [0.25, 0.3) is 0 Å². The Hall–Kier alpha value is -1.79. The molecular weight excluding hydrogens is 260 g/mol. The van der Waals surface area contributed by atoms with Crippen LogP contribution in [0.1, 0.15) is 13.3 Å².